The monoisotopic (exact) mass is 303 g/mol. The molecule has 1 atom stereocenters. The van der Waals surface area contributed by atoms with Crippen molar-refractivity contribution >= 4 is 17.0 Å². The Kier molecular flexibility index (Phi) is 4.76. The van der Waals surface area contributed by atoms with Gasteiger partial charge in [-0.25, -0.2) is 4.79 Å². The molecule has 0 fully saturated rings. The van der Waals surface area contributed by atoms with Gasteiger partial charge in [0.25, 0.3) is 0 Å². The molecule has 0 bridgehead atoms. The van der Waals surface area contributed by atoms with Gasteiger partial charge in [0.05, 0.1) is 0 Å². The number of rotatable bonds is 4. The van der Waals surface area contributed by atoms with Crippen LogP contribution in [0.5, 0.6) is 0 Å². The Morgan fingerprint density at radius 2 is 2.05 bits per heavy atom. The summed E-state index contributed by atoms with van der Waals surface area (Å²) in [6, 6.07) is 10.3. The van der Waals surface area contributed by atoms with Gasteiger partial charge in [-0.2, -0.15) is 0 Å². The van der Waals surface area contributed by atoms with Crippen LogP contribution in [-0.4, -0.2) is 29.4 Å². The third-order valence-electron chi connectivity index (χ3n) is 3.58. The number of fused-ring (bicyclic) bond motifs is 1. The van der Waals surface area contributed by atoms with Crippen LogP contribution in [0.3, 0.4) is 0 Å². The summed E-state index contributed by atoms with van der Waals surface area (Å²) < 4.78 is 7.39. The van der Waals surface area contributed by atoms with Crippen LogP contribution in [0.15, 0.2) is 30.3 Å². The van der Waals surface area contributed by atoms with Crippen molar-refractivity contribution in [3.05, 3.63) is 36.0 Å². The highest BCUT2D eigenvalue weighted by molar-refractivity contribution is 5.81. The second kappa shape index (κ2) is 6.40. The predicted octanol–water partition coefficient (Wildman–Crippen LogP) is 2.75. The van der Waals surface area contributed by atoms with E-state index in [2.05, 4.69) is 28.1 Å². The van der Waals surface area contributed by atoms with Crippen molar-refractivity contribution in [3.8, 4) is 0 Å². The minimum atomic E-state index is -0.498. The van der Waals surface area contributed by atoms with E-state index >= 15 is 0 Å². The lowest BCUT2D eigenvalue weighted by Crippen LogP contribution is -2.36. The molecule has 0 spiro atoms. The predicted molar refractivity (Wildman–Crippen MR) is 89.0 cm³/mol. The van der Waals surface area contributed by atoms with Crippen LogP contribution in [0.2, 0.25) is 0 Å². The van der Waals surface area contributed by atoms with Crippen molar-refractivity contribution in [2.24, 2.45) is 12.8 Å². The van der Waals surface area contributed by atoms with Gasteiger partial charge in [0.15, 0.2) is 0 Å². The van der Waals surface area contributed by atoms with E-state index < -0.39 is 11.7 Å². The van der Waals surface area contributed by atoms with E-state index in [9.17, 15) is 4.79 Å². The Labute approximate surface area is 131 Å². The van der Waals surface area contributed by atoms with Crippen molar-refractivity contribution in [1.82, 2.24) is 9.88 Å². The summed E-state index contributed by atoms with van der Waals surface area (Å²) in [6.45, 7) is 6.44. The zero-order valence-electron chi connectivity index (χ0n) is 13.7. The summed E-state index contributed by atoms with van der Waals surface area (Å²) >= 11 is 0. The van der Waals surface area contributed by atoms with Gasteiger partial charge in [-0.05, 0) is 38.3 Å². The number of aromatic nitrogens is 1. The molecule has 1 aromatic carbocycles. The number of hydrogen-bond donors (Lipinski definition) is 2. The van der Waals surface area contributed by atoms with Crippen LogP contribution < -0.4 is 11.1 Å². The van der Waals surface area contributed by atoms with E-state index in [-0.39, 0.29) is 5.92 Å². The fourth-order valence-electron chi connectivity index (χ4n) is 2.53. The van der Waals surface area contributed by atoms with Gasteiger partial charge in [-0.15, -0.1) is 0 Å². The molecule has 5 nitrogen and oxygen atoms in total. The van der Waals surface area contributed by atoms with Crippen molar-refractivity contribution in [2.75, 3.05) is 13.1 Å². The number of carbonyl (C=O) groups is 1. The molecule has 1 aromatic heterocycles. The zero-order valence-corrected chi connectivity index (χ0v) is 13.7. The molecule has 0 aliphatic rings. The minimum Gasteiger partial charge on any atom is -0.444 e. The first-order chi connectivity index (χ1) is 10.3. The Hall–Kier alpha value is -2.01. The largest absolute Gasteiger partial charge is 0.444 e. The van der Waals surface area contributed by atoms with Crippen molar-refractivity contribution in [2.45, 2.75) is 32.3 Å². The van der Waals surface area contributed by atoms with Crippen LogP contribution >= 0.6 is 0 Å². The summed E-state index contributed by atoms with van der Waals surface area (Å²) in [6.07, 6.45) is -0.412. The van der Waals surface area contributed by atoms with E-state index in [4.69, 9.17) is 10.5 Å². The third-order valence-corrected chi connectivity index (χ3v) is 3.58. The number of nitrogens with one attached hydrogen (secondary N) is 1. The molecule has 22 heavy (non-hydrogen) atoms. The molecular formula is C17H25N3O2. The first-order valence-corrected chi connectivity index (χ1v) is 7.53. The lowest BCUT2D eigenvalue weighted by molar-refractivity contribution is 0.0524. The highest BCUT2D eigenvalue weighted by Crippen LogP contribution is 2.23. The van der Waals surface area contributed by atoms with Crippen LogP contribution in [0, 0.1) is 0 Å². The van der Waals surface area contributed by atoms with Crippen LogP contribution in [0.4, 0.5) is 4.79 Å². The maximum Gasteiger partial charge on any atom is 0.407 e. The average molecular weight is 303 g/mol. The molecule has 0 aliphatic heterocycles. The smallest absolute Gasteiger partial charge is 0.407 e. The van der Waals surface area contributed by atoms with Gasteiger partial charge in [0, 0.05) is 37.3 Å². The highest BCUT2D eigenvalue weighted by atomic mass is 16.6. The van der Waals surface area contributed by atoms with E-state index in [0.717, 1.165) is 11.2 Å². The van der Waals surface area contributed by atoms with Crippen LogP contribution in [0.1, 0.15) is 32.4 Å². The van der Waals surface area contributed by atoms with Crippen molar-refractivity contribution < 1.29 is 9.53 Å². The first kappa shape index (κ1) is 16.4. The maximum absolute atomic E-state index is 11.8. The SMILES string of the molecule is Cn1c(C(CN)CNC(=O)OC(C)(C)C)cc2ccccc21. The molecule has 1 heterocycles. The lowest BCUT2D eigenvalue weighted by atomic mass is 10.1. The number of benzene rings is 1. The number of alkyl carbamates (subject to hydrolysis) is 1. The summed E-state index contributed by atoms with van der Waals surface area (Å²) in [4.78, 5) is 11.8. The molecule has 2 aromatic rings. The van der Waals surface area contributed by atoms with Crippen LogP contribution in [-0.2, 0) is 11.8 Å². The Bertz CT molecular complexity index is 655. The minimum absolute atomic E-state index is 0.0462. The van der Waals surface area contributed by atoms with Crippen LogP contribution in [0.25, 0.3) is 10.9 Å². The van der Waals surface area contributed by atoms with Gasteiger partial charge in [-0.3, -0.25) is 0 Å². The number of hydrogen-bond acceptors (Lipinski definition) is 3. The zero-order chi connectivity index (χ0) is 16.3. The maximum atomic E-state index is 11.8. The lowest BCUT2D eigenvalue weighted by Gasteiger charge is -2.22. The van der Waals surface area contributed by atoms with E-state index in [0.29, 0.717) is 13.1 Å². The van der Waals surface area contributed by atoms with Gasteiger partial charge in [0.2, 0.25) is 0 Å². The molecule has 0 aliphatic carbocycles. The summed E-state index contributed by atoms with van der Waals surface area (Å²) in [5.74, 6) is 0.0462. The number of nitrogens with zero attached hydrogens (tertiary/aromatic N) is 1. The van der Waals surface area contributed by atoms with Gasteiger partial charge in [0.1, 0.15) is 5.60 Å². The quantitative estimate of drug-likeness (QED) is 0.912. The molecule has 1 amide bonds. The molecular weight excluding hydrogens is 278 g/mol. The molecule has 120 valence electrons. The van der Waals surface area contributed by atoms with E-state index in [1.54, 1.807) is 0 Å². The second-order valence-corrected chi connectivity index (χ2v) is 6.50. The van der Waals surface area contributed by atoms with E-state index in [1.165, 1.54) is 5.39 Å². The Morgan fingerprint density at radius 1 is 1.36 bits per heavy atom. The van der Waals surface area contributed by atoms with Crippen molar-refractivity contribution in [1.29, 1.82) is 0 Å². The molecule has 5 heteroatoms. The summed E-state index contributed by atoms with van der Waals surface area (Å²) in [5.41, 5.74) is 7.68. The highest BCUT2D eigenvalue weighted by Gasteiger charge is 2.19. The molecule has 1 unspecified atom stereocenters. The topological polar surface area (TPSA) is 69.3 Å². The molecule has 2 rings (SSSR count). The number of aryl methyl sites for hydroxylation is 1. The number of para-hydroxylation sites is 1. The first-order valence-electron chi connectivity index (χ1n) is 7.53. The summed E-state index contributed by atoms with van der Waals surface area (Å²) in [7, 11) is 2.02. The summed E-state index contributed by atoms with van der Waals surface area (Å²) in [5, 5.41) is 3.98. The standard InChI is InChI=1S/C17H25N3O2/c1-17(2,3)22-16(21)19-11-13(10-18)15-9-12-7-5-6-8-14(12)20(15)4/h5-9,13H,10-11,18H2,1-4H3,(H,19,21). The van der Waals surface area contributed by atoms with Crippen molar-refractivity contribution in [3.63, 3.8) is 0 Å². The fraction of sp³-hybridized carbons (Fsp3) is 0.471. The average Bonchev–Trinajstić information content (AvgIpc) is 2.76. The Morgan fingerprint density at radius 3 is 2.64 bits per heavy atom. The van der Waals surface area contributed by atoms with E-state index in [1.807, 2.05) is 40.0 Å². The second-order valence-electron chi connectivity index (χ2n) is 6.50. The molecule has 3 N–H and O–H groups in total. The normalized spacial score (nSPS) is 13.1. The van der Waals surface area contributed by atoms with Gasteiger partial charge < -0.3 is 20.4 Å². The number of carbonyl (C=O) groups excluding carboxylic acids is 1. The molecule has 0 saturated carbocycles. The molecule has 0 saturated heterocycles. The molecule has 0 radical (unpaired) electrons. The fourth-order valence-corrected chi connectivity index (χ4v) is 2.53. The Balaban J connectivity index is 2.10. The number of ether oxygens (including phenoxy) is 1. The van der Waals surface area contributed by atoms with Gasteiger partial charge >= 0.3 is 6.09 Å². The number of amides is 1. The third kappa shape index (κ3) is 3.80. The number of nitrogens with two attached hydrogens (primary N) is 1. The van der Waals surface area contributed by atoms with Gasteiger partial charge in [-0.1, -0.05) is 18.2 Å².